The molecule has 1 unspecified atom stereocenters. The second-order valence-electron chi connectivity index (χ2n) is 4.29. The summed E-state index contributed by atoms with van der Waals surface area (Å²) in [7, 11) is 0. The zero-order valence-electron chi connectivity index (χ0n) is 10.0. The van der Waals surface area contributed by atoms with Gasteiger partial charge in [-0.05, 0) is 29.8 Å². The topological polar surface area (TPSA) is 21.6 Å². The van der Waals surface area contributed by atoms with Crippen LogP contribution in [-0.4, -0.2) is 12.5 Å². The van der Waals surface area contributed by atoms with Crippen LogP contribution in [-0.2, 0) is 4.74 Å². The largest absolute Gasteiger partial charge is 0.475 e. The maximum atomic E-state index is 6.15. The third kappa shape index (κ3) is 2.67. The number of hydrogen-bond acceptors (Lipinski definition) is 2. The summed E-state index contributed by atoms with van der Waals surface area (Å²) in [5, 5.41) is 0.665. The van der Waals surface area contributed by atoms with Crippen molar-refractivity contribution in [3.8, 4) is 0 Å². The molecule has 0 saturated carbocycles. The number of nitrogens with zero attached hydrogens (tertiary/aromatic N) is 1. The maximum Gasteiger partial charge on any atom is 0.218 e. The van der Waals surface area contributed by atoms with Gasteiger partial charge in [0.15, 0.2) is 0 Å². The molecule has 19 heavy (non-hydrogen) atoms. The van der Waals surface area contributed by atoms with Crippen LogP contribution in [0.2, 0.25) is 5.02 Å². The van der Waals surface area contributed by atoms with Gasteiger partial charge in [0.1, 0.15) is 12.6 Å². The molecule has 2 nitrogen and oxygen atoms in total. The molecule has 4 heteroatoms. The summed E-state index contributed by atoms with van der Waals surface area (Å²) in [5.74, 6) is 0.624. The Morgan fingerprint density at radius 2 is 1.84 bits per heavy atom. The average Bonchev–Trinajstić information content (AvgIpc) is 2.89. The van der Waals surface area contributed by atoms with Gasteiger partial charge >= 0.3 is 0 Å². The van der Waals surface area contributed by atoms with E-state index in [0.717, 1.165) is 15.6 Å². The van der Waals surface area contributed by atoms with E-state index in [-0.39, 0.29) is 6.04 Å². The van der Waals surface area contributed by atoms with E-state index in [2.05, 4.69) is 33.1 Å². The summed E-state index contributed by atoms with van der Waals surface area (Å²) in [6, 6.07) is 15.8. The Hall–Kier alpha value is -1.32. The number of aliphatic imine (C=N–C) groups is 1. The lowest BCUT2D eigenvalue weighted by Gasteiger charge is -2.04. The van der Waals surface area contributed by atoms with E-state index >= 15 is 0 Å². The van der Waals surface area contributed by atoms with E-state index in [1.165, 1.54) is 0 Å². The van der Waals surface area contributed by atoms with Gasteiger partial charge in [-0.15, -0.1) is 0 Å². The van der Waals surface area contributed by atoms with Crippen molar-refractivity contribution in [1.29, 1.82) is 0 Å². The van der Waals surface area contributed by atoms with Crippen molar-refractivity contribution in [2.75, 3.05) is 6.61 Å². The smallest absolute Gasteiger partial charge is 0.218 e. The summed E-state index contributed by atoms with van der Waals surface area (Å²) in [4.78, 5) is 4.61. The van der Waals surface area contributed by atoms with Crippen LogP contribution in [0.5, 0.6) is 0 Å². The molecule has 0 radical (unpaired) electrons. The molecular formula is C15H11BrClNO. The number of ether oxygens (including phenoxy) is 1. The predicted molar refractivity (Wildman–Crippen MR) is 80.8 cm³/mol. The third-order valence-corrected chi connectivity index (χ3v) is 3.87. The quantitative estimate of drug-likeness (QED) is 0.784. The van der Waals surface area contributed by atoms with Crippen LogP contribution < -0.4 is 0 Å². The molecule has 0 aromatic heterocycles. The van der Waals surface area contributed by atoms with Gasteiger partial charge < -0.3 is 4.74 Å². The molecule has 0 saturated heterocycles. The minimum Gasteiger partial charge on any atom is -0.475 e. The summed E-state index contributed by atoms with van der Waals surface area (Å²) >= 11 is 9.58. The van der Waals surface area contributed by atoms with Crippen molar-refractivity contribution in [2.24, 2.45) is 4.99 Å². The Morgan fingerprint density at radius 1 is 1.11 bits per heavy atom. The molecule has 0 aliphatic carbocycles. The molecule has 1 aliphatic heterocycles. The van der Waals surface area contributed by atoms with Crippen molar-refractivity contribution in [3.63, 3.8) is 0 Å². The molecule has 0 N–H and O–H groups in total. The lowest BCUT2D eigenvalue weighted by Crippen LogP contribution is -2.01. The van der Waals surface area contributed by atoms with Crippen molar-refractivity contribution in [2.45, 2.75) is 6.04 Å². The molecule has 3 rings (SSSR count). The highest BCUT2D eigenvalue weighted by Gasteiger charge is 2.22. The van der Waals surface area contributed by atoms with Crippen LogP contribution in [0.1, 0.15) is 17.2 Å². The van der Waals surface area contributed by atoms with Gasteiger partial charge in [-0.3, -0.25) is 0 Å². The van der Waals surface area contributed by atoms with E-state index in [1.807, 2.05) is 36.4 Å². The van der Waals surface area contributed by atoms with Gasteiger partial charge in [-0.25, -0.2) is 4.99 Å². The van der Waals surface area contributed by atoms with E-state index in [9.17, 15) is 0 Å². The molecule has 96 valence electrons. The fraction of sp³-hybridized carbons (Fsp3) is 0.133. The summed E-state index contributed by atoms with van der Waals surface area (Å²) in [6.45, 7) is 0.558. The van der Waals surface area contributed by atoms with Gasteiger partial charge in [0.2, 0.25) is 5.90 Å². The Kier molecular flexibility index (Phi) is 3.58. The Morgan fingerprint density at radius 3 is 2.58 bits per heavy atom. The van der Waals surface area contributed by atoms with Crippen LogP contribution in [0.15, 0.2) is 58.0 Å². The third-order valence-electron chi connectivity index (χ3n) is 3.01. The first-order valence-corrected chi connectivity index (χ1v) is 7.12. The van der Waals surface area contributed by atoms with Crippen LogP contribution in [0.25, 0.3) is 0 Å². The zero-order valence-corrected chi connectivity index (χ0v) is 12.4. The first kappa shape index (κ1) is 12.7. The highest BCUT2D eigenvalue weighted by molar-refractivity contribution is 9.10. The predicted octanol–water partition coefficient (Wildman–Crippen LogP) is 4.62. The second kappa shape index (κ2) is 5.35. The van der Waals surface area contributed by atoms with E-state index in [4.69, 9.17) is 16.3 Å². The summed E-state index contributed by atoms with van der Waals surface area (Å²) in [6.07, 6.45) is 0. The van der Waals surface area contributed by atoms with Gasteiger partial charge in [0.05, 0.1) is 10.6 Å². The first-order valence-electron chi connectivity index (χ1n) is 5.95. The van der Waals surface area contributed by atoms with Crippen molar-refractivity contribution < 1.29 is 4.74 Å². The molecular weight excluding hydrogens is 326 g/mol. The minimum atomic E-state index is 0.0411. The highest BCUT2D eigenvalue weighted by atomic mass is 79.9. The normalized spacial score (nSPS) is 18.0. The fourth-order valence-corrected chi connectivity index (χ4v) is 2.49. The van der Waals surface area contributed by atoms with Crippen molar-refractivity contribution in [1.82, 2.24) is 0 Å². The van der Waals surface area contributed by atoms with Gasteiger partial charge in [0, 0.05) is 4.47 Å². The maximum absolute atomic E-state index is 6.15. The Labute approximate surface area is 125 Å². The minimum absolute atomic E-state index is 0.0411. The average molecular weight is 337 g/mol. The number of rotatable bonds is 2. The lowest BCUT2D eigenvalue weighted by molar-refractivity contribution is 0.320. The van der Waals surface area contributed by atoms with Gasteiger partial charge in [-0.2, -0.15) is 0 Å². The highest BCUT2D eigenvalue weighted by Crippen LogP contribution is 2.28. The van der Waals surface area contributed by atoms with E-state index < -0.39 is 0 Å². The Balaban J connectivity index is 1.89. The molecule has 0 spiro atoms. The van der Waals surface area contributed by atoms with E-state index in [1.54, 1.807) is 0 Å². The number of benzene rings is 2. The molecule has 0 bridgehead atoms. The van der Waals surface area contributed by atoms with Crippen molar-refractivity contribution >= 4 is 33.4 Å². The van der Waals surface area contributed by atoms with Crippen LogP contribution in [0, 0.1) is 0 Å². The number of halogens is 2. The van der Waals surface area contributed by atoms with Crippen LogP contribution >= 0.6 is 27.5 Å². The molecule has 2 aromatic rings. The Bertz CT molecular complexity index is 624. The van der Waals surface area contributed by atoms with Crippen molar-refractivity contribution in [3.05, 3.63) is 69.2 Å². The zero-order chi connectivity index (χ0) is 13.2. The monoisotopic (exact) mass is 335 g/mol. The molecule has 0 amide bonds. The van der Waals surface area contributed by atoms with E-state index in [0.29, 0.717) is 17.5 Å². The molecule has 2 aromatic carbocycles. The first-order chi connectivity index (χ1) is 9.24. The SMILES string of the molecule is Clc1ccccc1C1=NC(c2ccc(Br)cc2)CO1. The van der Waals surface area contributed by atoms with Gasteiger partial charge in [-0.1, -0.05) is 51.8 Å². The number of hydrogen-bond donors (Lipinski definition) is 0. The molecule has 1 atom stereocenters. The molecule has 1 aliphatic rings. The molecule has 0 fully saturated rings. The lowest BCUT2D eigenvalue weighted by atomic mass is 10.1. The van der Waals surface area contributed by atoms with Crippen LogP contribution in [0.4, 0.5) is 0 Å². The van der Waals surface area contributed by atoms with Crippen LogP contribution in [0.3, 0.4) is 0 Å². The summed E-state index contributed by atoms with van der Waals surface area (Å²) < 4.78 is 6.73. The van der Waals surface area contributed by atoms with Gasteiger partial charge in [0.25, 0.3) is 0 Å². The fourth-order valence-electron chi connectivity index (χ4n) is 2.01. The summed E-state index contributed by atoms with van der Waals surface area (Å²) in [5.41, 5.74) is 1.99. The standard InChI is InChI=1S/C15H11BrClNO/c16-11-7-5-10(6-8-11)14-9-19-15(18-14)12-3-1-2-4-13(12)17/h1-8,14H,9H2. The second-order valence-corrected chi connectivity index (χ2v) is 5.62. The molecule has 1 heterocycles.